The molecule has 0 atom stereocenters. The van der Waals surface area contributed by atoms with Gasteiger partial charge in [0.05, 0.1) is 19.0 Å². The predicted octanol–water partition coefficient (Wildman–Crippen LogP) is 1.83. The van der Waals surface area contributed by atoms with Gasteiger partial charge in [-0.25, -0.2) is 10.4 Å². The monoisotopic (exact) mass is 340 g/mol. The molecule has 0 aliphatic rings. The molecule has 8 nitrogen and oxygen atoms in total. The second kappa shape index (κ2) is 6.52. The smallest absolute Gasteiger partial charge is 0.290 e. The van der Waals surface area contributed by atoms with Crippen LogP contribution in [0.3, 0.4) is 0 Å². The van der Waals surface area contributed by atoms with E-state index in [2.05, 4.69) is 15.5 Å². The van der Waals surface area contributed by atoms with Crippen LogP contribution >= 0.6 is 0 Å². The number of ether oxygens (including phenoxy) is 1. The van der Waals surface area contributed by atoms with Crippen LogP contribution in [0.2, 0.25) is 0 Å². The van der Waals surface area contributed by atoms with E-state index in [4.69, 9.17) is 4.74 Å². The number of carbonyl (C=O) groups is 1. The molecule has 3 N–H and O–H groups in total. The first kappa shape index (κ1) is 16.3. The van der Waals surface area contributed by atoms with Gasteiger partial charge in [-0.05, 0) is 31.2 Å². The zero-order valence-electron chi connectivity index (χ0n) is 13.6. The number of methoxy groups -OCH3 is 1. The van der Waals surface area contributed by atoms with Crippen LogP contribution < -0.4 is 10.2 Å². The molecular formula is C17H16N4O4. The second-order valence-corrected chi connectivity index (χ2v) is 5.26. The molecule has 0 aliphatic carbocycles. The molecule has 0 spiro atoms. The maximum atomic E-state index is 12.4. The average Bonchev–Trinajstić information content (AvgIpc) is 2.93. The Hall–Kier alpha value is -3.55. The van der Waals surface area contributed by atoms with Gasteiger partial charge in [-0.2, -0.15) is 5.10 Å². The van der Waals surface area contributed by atoms with E-state index in [1.165, 1.54) is 25.5 Å². The lowest BCUT2D eigenvalue weighted by Gasteiger charge is -2.06. The van der Waals surface area contributed by atoms with Gasteiger partial charge in [0.25, 0.3) is 5.91 Å². The molecule has 0 radical (unpaired) electrons. The summed E-state index contributed by atoms with van der Waals surface area (Å²) in [6.07, 6.45) is 3.08. The largest absolute Gasteiger partial charge is 0.504 e. The lowest BCUT2D eigenvalue weighted by molar-refractivity contribution is 0.0948. The third-order valence-corrected chi connectivity index (χ3v) is 3.60. The van der Waals surface area contributed by atoms with Gasteiger partial charge in [-0.3, -0.25) is 9.20 Å². The number of fused-ring (bicyclic) bond motifs is 1. The molecule has 1 aromatic carbocycles. The number of imidazole rings is 1. The molecule has 0 bridgehead atoms. The molecule has 0 unspecified atom stereocenters. The Morgan fingerprint density at radius 3 is 2.92 bits per heavy atom. The fraction of sp³-hybridized carbons (Fsp3) is 0.118. The van der Waals surface area contributed by atoms with Gasteiger partial charge in [0.15, 0.2) is 11.5 Å². The summed E-state index contributed by atoms with van der Waals surface area (Å²) in [6.45, 7) is 1.74. The molecule has 3 rings (SSSR count). The van der Waals surface area contributed by atoms with Gasteiger partial charge < -0.3 is 14.9 Å². The number of amides is 1. The number of phenolic OH excluding ortho intramolecular Hbond substituents is 2. The van der Waals surface area contributed by atoms with Crippen molar-refractivity contribution in [2.24, 2.45) is 5.10 Å². The summed E-state index contributed by atoms with van der Waals surface area (Å²) in [6, 6.07) is 8.22. The highest BCUT2D eigenvalue weighted by atomic mass is 16.5. The number of nitrogens with one attached hydrogen (secondary N) is 1. The van der Waals surface area contributed by atoms with Crippen molar-refractivity contribution in [2.75, 3.05) is 7.11 Å². The van der Waals surface area contributed by atoms with Crippen LogP contribution in [0.4, 0.5) is 0 Å². The first-order chi connectivity index (χ1) is 12.0. The Morgan fingerprint density at radius 1 is 1.36 bits per heavy atom. The van der Waals surface area contributed by atoms with Gasteiger partial charge >= 0.3 is 0 Å². The van der Waals surface area contributed by atoms with Crippen LogP contribution in [0.5, 0.6) is 17.2 Å². The van der Waals surface area contributed by atoms with E-state index < -0.39 is 5.91 Å². The highest BCUT2D eigenvalue weighted by Gasteiger charge is 2.15. The van der Waals surface area contributed by atoms with Crippen molar-refractivity contribution in [1.82, 2.24) is 14.8 Å². The van der Waals surface area contributed by atoms with Crippen LogP contribution in [-0.2, 0) is 0 Å². The molecular weight excluding hydrogens is 324 g/mol. The highest BCUT2D eigenvalue weighted by Crippen LogP contribution is 2.35. The maximum absolute atomic E-state index is 12.4. The summed E-state index contributed by atoms with van der Waals surface area (Å²) in [5, 5.41) is 23.1. The van der Waals surface area contributed by atoms with E-state index in [1.807, 2.05) is 6.07 Å². The number of aryl methyl sites for hydroxylation is 1. The van der Waals surface area contributed by atoms with Crippen molar-refractivity contribution in [2.45, 2.75) is 6.92 Å². The summed E-state index contributed by atoms with van der Waals surface area (Å²) in [5.41, 5.74) is 4.51. The Morgan fingerprint density at radius 2 is 2.16 bits per heavy atom. The number of benzene rings is 1. The number of phenols is 2. The number of carbonyl (C=O) groups excluding carboxylic acids is 1. The van der Waals surface area contributed by atoms with E-state index in [-0.39, 0.29) is 17.2 Å². The zero-order valence-corrected chi connectivity index (χ0v) is 13.6. The zero-order chi connectivity index (χ0) is 18.0. The van der Waals surface area contributed by atoms with Crippen LogP contribution in [0.1, 0.15) is 21.7 Å². The minimum atomic E-state index is -0.414. The van der Waals surface area contributed by atoms with Crippen molar-refractivity contribution in [3.05, 3.63) is 53.5 Å². The molecule has 8 heteroatoms. The fourth-order valence-electron chi connectivity index (χ4n) is 2.45. The van der Waals surface area contributed by atoms with Crippen molar-refractivity contribution in [3.8, 4) is 17.2 Å². The topological polar surface area (TPSA) is 108 Å². The third kappa shape index (κ3) is 3.09. The second-order valence-electron chi connectivity index (χ2n) is 5.26. The maximum Gasteiger partial charge on any atom is 0.290 e. The number of aromatic nitrogens is 2. The van der Waals surface area contributed by atoms with E-state index >= 15 is 0 Å². The first-order valence-corrected chi connectivity index (χ1v) is 7.38. The molecule has 2 aromatic heterocycles. The Balaban J connectivity index is 1.81. The normalized spacial score (nSPS) is 11.1. The quantitative estimate of drug-likeness (QED) is 0.381. The van der Waals surface area contributed by atoms with Gasteiger partial charge in [0, 0.05) is 11.8 Å². The van der Waals surface area contributed by atoms with E-state index in [0.29, 0.717) is 22.6 Å². The molecule has 0 aliphatic heterocycles. The lowest BCUT2D eigenvalue weighted by atomic mass is 10.2. The number of nitrogens with zero attached hydrogens (tertiary/aromatic N) is 3. The van der Waals surface area contributed by atoms with Gasteiger partial charge in [0.1, 0.15) is 11.3 Å². The molecule has 0 fully saturated rings. The third-order valence-electron chi connectivity index (χ3n) is 3.60. The fourth-order valence-corrected chi connectivity index (χ4v) is 2.45. The molecule has 0 saturated carbocycles. The lowest BCUT2D eigenvalue weighted by Crippen LogP contribution is -2.20. The molecule has 3 aromatic rings. The number of hydrazone groups is 1. The summed E-state index contributed by atoms with van der Waals surface area (Å²) in [7, 11) is 1.37. The Labute approximate surface area is 143 Å². The number of hydrogen-bond acceptors (Lipinski definition) is 6. The summed E-state index contributed by atoms with van der Waals surface area (Å²) in [5.74, 6) is -1.01. The van der Waals surface area contributed by atoms with Crippen molar-refractivity contribution < 1.29 is 19.7 Å². The van der Waals surface area contributed by atoms with Crippen LogP contribution in [0, 0.1) is 6.92 Å². The molecule has 1 amide bonds. The number of hydrogen-bond donors (Lipinski definition) is 3. The molecule has 25 heavy (non-hydrogen) atoms. The minimum absolute atomic E-state index is 0.102. The van der Waals surface area contributed by atoms with Crippen LogP contribution in [0.25, 0.3) is 5.65 Å². The Kier molecular flexibility index (Phi) is 4.25. The van der Waals surface area contributed by atoms with E-state index in [1.54, 1.807) is 29.7 Å². The number of aromatic hydroxyl groups is 2. The number of pyridine rings is 1. The van der Waals surface area contributed by atoms with Crippen molar-refractivity contribution in [1.29, 1.82) is 0 Å². The Bertz CT molecular complexity index is 978. The average molecular weight is 340 g/mol. The molecule has 0 saturated heterocycles. The SMILES string of the molecule is COc1cc(/C=N/NC(=O)c2c(C)nc3ccccn23)cc(O)c1O. The summed E-state index contributed by atoms with van der Waals surface area (Å²) in [4.78, 5) is 16.7. The van der Waals surface area contributed by atoms with Crippen molar-refractivity contribution in [3.63, 3.8) is 0 Å². The molecule has 128 valence electrons. The highest BCUT2D eigenvalue weighted by molar-refractivity contribution is 5.95. The van der Waals surface area contributed by atoms with E-state index in [0.717, 1.165) is 0 Å². The minimum Gasteiger partial charge on any atom is -0.504 e. The summed E-state index contributed by atoms with van der Waals surface area (Å²) >= 11 is 0. The number of rotatable bonds is 4. The van der Waals surface area contributed by atoms with Crippen LogP contribution in [-0.4, -0.2) is 38.8 Å². The van der Waals surface area contributed by atoms with Crippen LogP contribution in [0.15, 0.2) is 41.6 Å². The van der Waals surface area contributed by atoms with Gasteiger partial charge in [-0.15, -0.1) is 0 Å². The summed E-state index contributed by atoms with van der Waals surface area (Å²) < 4.78 is 6.62. The van der Waals surface area contributed by atoms with E-state index in [9.17, 15) is 15.0 Å². The standard InChI is InChI=1S/C17H16N4O4/c1-10-15(21-6-4-3-5-14(21)19-10)17(24)20-18-9-11-7-12(22)16(23)13(8-11)25-2/h3-9,22-23H,1-2H3,(H,20,24)/b18-9+. The van der Waals surface area contributed by atoms with Crippen molar-refractivity contribution >= 4 is 17.8 Å². The molecule has 2 heterocycles. The first-order valence-electron chi connectivity index (χ1n) is 7.38. The predicted molar refractivity (Wildman–Crippen MR) is 91.3 cm³/mol. The van der Waals surface area contributed by atoms with Gasteiger partial charge in [-0.1, -0.05) is 6.07 Å². The van der Waals surface area contributed by atoms with Gasteiger partial charge in [0.2, 0.25) is 5.75 Å².